The smallest absolute Gasteiger partial charge is 0.203 e. The summed E-state index contributed by atoms with van der Waals surface area (Å²) in [4.78, 5) is 4.75. The maximum atomic E-state index is 6.14. The number of nitrogens with zero attached hydrogens (tertiary/aromatic N) is 2. The Bertz CT molecular complexity index is 880. The minimum absolute atomic E-state index is 0. The van der Waals surface area contributed by atoms with Gasteiger partial charge in [0.2, 0.25) is 5.36 Å². The molecule has 128 valence electrons. The number of fused-ring (bicyclic) bond motifs is 2. The number of benzene rings is 2. The fourth-order valence-electron chi connectivity index (χ4n) is 2.93. The van der Waals surface area contributed by atoms with Crippen molar-refractivity contribution in [1.29, 1.82) is 0 Å². The van der Waals surface area contributed by atoms with Gasteiger partial charge in [0.15, 0.2) is 11.3 Å². The molecule has 0 fully saturated rings. The van der Waals surface area contributed by atoms with Crippen molar-refractivity contribution in [3.8, 4) is 11.5 Å². The van der Waals surface area contributed by atoms with Crippen LogP contribution < -0.4 is 27.7 Å². The van der Waals surface area contributed by atoms with Gasteiger partial charge in [-0.15, -0.1) is 0 Å². The molecule has 2 aliphatic rings. The molecule has 0 spiro atoms. The highest BCUT2D eigenvalue weighted by Gasteiger charge is 2.12. The average Bonchev–Trinajstić information content (AvgIpc) is 2.55. The Kier molecular flexibility index (Phi) is 5.84. The first kappa shape index (κ1) is 18.3. The molecule has 0 saturated heterocycles. The van der Waals surface area contributed by atoms with Crippen molar-refractivity contribution < 1.29 is 16.8 Å². The second kappa shape index (κ2) is 7.67. The Balaban J connectivity index is 0.00000208. The first-order valence-corrected chi connectivity index (χ1v) is 8.33. The maximum absolute atomic E-state index is 6.14. The van der Waals surface area contributed by atoms with Crippen molar-refractivity contribution >= 4 is 16.8 Å². The standard InChI is InChI=1S/C19H23N3O.ClH/c1-5-20-16-12-19-17(10-13(16)4)21-15-9-8-14(11-18(15)23-19)22(6-2)7-3;/h8-12H,5-7H2,1-4H3;1H. The molecule has 1 N–H and O–H groups in total. The van der Waals surface area contributed by atoms with Crippen LogP contribution in [0.1, 0.15) is 26.3 Å². The van der Waals surface area contributed by atoms with E-state index in [1.54, 1.807) is 0 Å². The van der Waals surface area contributed by atoms with Gasteiger partial charge in [0.25, 0.3) is 0 Å². The normalized spacial score (nSPS) is 10.7. The Hall–Kier alpha value is -2.07. The van der Waals surface area contributed by atoms with Gasteiger partial charge in [-0.05, 0) is 45.4 Å². The third-order valence-corrected chi connectivity index (χ3v) is 4.21. The summed E-state index contributed by atoms with van der Waals surface area (Å²) in [6.45, 7) is 11.4. The van der Waals surface area contributed by atoms with Gasteiger partial charge in [-0.3, -0.25) is 0 Å². The van der Waals surface area contributed by atoms with Crippen LogP contribution in [0.15, 0.2) is 34.7 Å². The van der Waals surface area contributed by atoms with Gasteiger partial charge < -0.3 is 22.1 Å². The molecule has 1 aliphatic heterocycles. The van der Waals surface area contributed by atoms with Gasteiger partial charge in [-0.2, -0.15) is 0 Å². The average molecular weight is 346 g/mol. The summed E-state index contributed by atoms with van der Waals surface area (Å²) in [5, 5.41) is 4.54. The van der Waals surface area contributed by atoms with Gasteiger partial charge in [0, 0.05) is 24.4 Å². The molecule has 3 rings (SSSR count). The van der Waals surface area contributed by atoms with E-state index in [1.807, 2.05) is 12.1 Å². The molecule has 0 aromatic heterocycles. The van der Waals surface area contributed by atoms with Crippen LogP contribution in [0, 0.1) is 6.92 Å². The zero-order chi connectivity index (χ0) is 16.4. The summed E-state index contributed by atoms with van der Waals surface area (Å²) < 4.78 is 8.44. The van der Waals surface area contributed by atoms with Crippen molar-refractivity contribution in [1.82, 2.24) is 9.56 Å². The number of halogens is 1. The number of anilines is 1. The van der Waals surface area contributed by atoms with E-state index in [9.17, 15) is 0 Å². The lowest BCUT2D eigenvalue weighted by molar-refractivity contribution is -0.00000543. The van der Waals surface area contributed by atoms with E-state index in [4.69, 9.17) is 9.40 Å². The fraction of sp³-hybridized carbons (Fsp3) is 0.368. The van der Waals surface area contributed by atoms with E-state index in [0.29, 0.717) is 0 Å². The van der Waals surface area contributed by atoms with Crippen LogP contribution in [0.3, 0.4) is 0 Å². The van der Waals surface area contributed by atoms with Crippen molar-refractivity contribution in [2.75, 3.05) is 25.0 Å². The Morgan fingerprint density at radius 1 is 1.08 bits per heavy atom. The predicted octanol–water partition coefficient (Wildman–Crippen LogP) is 0.489. The summed E-state index contributed by atoms with van der Waals surface area (Å²) in [5.74, 6) is 0.827. The predicted molar refractivity (Wildman–Crippen MR) is 95.9 cm³/mol. The zero-order valence-electron chi connectivity index (χ0n) is 14.7. The van der Waals surface area contributed by atoms with E-state index in [-0.39, 0.29) is 12.4 Å². The Morgan fingerprint density at radius 2 is 1.83 bits per heavy atom. The van der Waals surface area contributed by atoms with E-state index in [0.717, 1.165) is 47.9 Å². The van der Waals surface area contributed by atoms with Crippen LogP contribution >= 0.6 is 0 Å². The summed E-state index contributed by atoms with van der Waals surface area (Å²) in [5.41, 5.74) is 4.89. The number of nitrogens with one attached hydrogen (secondary N) is 1. The monoisotopic (exact) mass is 345 g/mol. The lowest BCUT2D eigenvalue weighted by atomic mass is 10.1. The van der Waals surface area contributed by atoms with Crippen LogP contribution in [-0.4, -0.2) is 24.6 Å². The third kappa shape index (κ3) is 3.39. The second-order valence-electron chi connectivity index (χ2n) is 5.70. The molecular formula is C19H24ClN3O. The molecule has 1 aromatic carbocycles. The molecule has 0 saturated carbocycles. The number of rotatable bonds is 4. The first-order valence-electron chi connectivity index (χ1n) is 8.33. The molecule has 5 heteroatoms. The minimum atomic E-state index is 0. The quantitative estimate of drug-likeness (QED) is 0.552. The fourth-order valence-corrected chi connectivity index (χ4v) is 2.93. The molecule has 24 heavy (non-hydrogen) atoms. The number of aromatic nitrogens is 1. The maximum Gasteiger partial charge on any atom is 0.203 e. The van der Waals surface area contributed by atoms with Gasteiger partial charge in [0.05, 0.1) is 6.07 Å². The van der Waals surface area contributed by atoms with Crippen molar-refractivity contribution in [2.45, 2.75) is 27.7 Å². The lowest BCUT2D eigenvalue weighted by Gasteiger charge is -2.11. The van der Waals surface area contributed by atoms with Gasteiger partial charge >= 0.3 is 0 Å². The molecule has 1 heterocycles. The third-order valence-electron chi connectivity index (χ3n) is 4.21. The van der Waals surface area contributed by atoms with Crippen LogP contribution in [0.4, 0.5) is 5.69 Å². The highest BCUT2D eigenvalue weighted by molar-refractivity contribution is 5.81. The summed E-state index contributed by atoms with van der Waals surface area (Å²) >= 11 is 0. The minimum Gasteiger partial charge on any atom is -1.00 e. The van der Waals surface area contributed by atoms with Gasteiger partial charge in [-0.1, -0.05) is 0 Å². The molecule has 1 aliphatic carbocycles. The molecule has 0 radical (unpaired) electrons. The van der Waals surface area contributed by atoms with E-state index >= 15 is 0 Å². The molecule has 0 amide bonds. The highest BCUT2D eigenvalue weighted by Crippen LogP contribution is 2.27. The molecule has 1 aromatic rings. The largest absolute Gasteiger partial charge is 1.00 e. The van der Waals surface area contributed by atoms with Crippen LogP contribution in [0.25, 0.3) is 22.6 Å². The van der Waals surface area contributed by atoms with Crippen LogP contribution in [0.2, 0.25) is 0 Å². The van der Waals surface area contributed by atoms with E-state index in [2.05, 4.69) is 55.8 Å². The molecule has 4 nitrogen and oxygen atoms in total. The second-order valence-corrected chi connectivity index (χ2v) is 5.70. The first-order chi connectivity index (χ1) is 11.2. The van der Waals surface area contributed by atoms with Crippen molar-refractivity contribution in [2.24, 2.45) is 0 Å². The van der Waals surface area contributed by atoms with Crippen LogP contribution in [-0.2, 0) is 0 Å². The summed E-state index contributed by atoms with van der Waals surface area (Å²) in [6.07, 6.45) is 0. The number of hydrogen-bond acceptors (Lipinski definition) is 3. The van der Waals surface area contributed by atoms with Crippen molar-refractivity contribution in [3.05, 3.63) is 41.3 Å². The Morgan fingerprint density at radius 3 is 2.50 bits per heavy atom. The number of hydrogen-bond donors (Lipinski definition) is 1. The zero-order valence-corrected chi connectivity index (χ0v) is 15.4. The molecular weight excluding hydrogens is 322 g/mol. The summed E-state index contributed by atoms with van der Waals surface area (Å²) in [6, 6.07) is 10.4. The highest BCUT2D eigenvalue weighted by atomic mass is 35.5. The van der Waals surface area contributed by atoms with Crippen molar-refractivity contribution in [3.63, 3.8) is 0 Å². The number of aryl methyl sites for hydroxylation is 1. The topological polar surface area (TPSA) is 41.1 Å². The van der Waals surface area contributed by atoms with Gasteiger partial charge in [0.1, 0.15) is 24.3 Å². The molecule has 0 unspecified atom stereocenters. The van der Waals surface area contributed by atoms with E-state index < -0.39 is 0 Å². The van der Waals surface area contributed by atoms with Gasteiger partial charge in [-0.25, -0.2) is 9.56 Å². The Labute approximate surface area is 149 Å². The SMILES string of the molecule is CCNc1cc2oc3cc(=[N+](CC)CC)ccc-3nc2cc1C.[Cl-]. The van der Waals surface area contributed by atoms with Crippen LogP contribution in [0.5, 0.6) is 0 Å². The molecule has 0 bridgehead atoms. The molecule has 0 atom stereocenters. The lowest BCUT2D eigenvalue weighted by Crippen LogP contribution is -3.00. The summed E-state index contributed by atoms with van der Waals surface area (Å²) in [7, 11) is 0. The van der Waals surface area contributed by atoms with E-state index in [1.165, 1.54) is 10.9 Å².